The minimum absolute atomic E-state index is 0.0640. The number of fused-ring (bicyclic) bond motifs is 1. The van der Waals surface area contributed by atoms with Crippen molar-refractivity contribution in [3.05, 3.63) is 60.0 Å². The maximum absolute atomic E-state index is 13.1. The number of carbonyl (C=O) groups excluding carboxylic acids is 2. The van der Waals surface area contributed by atoms with Gasteiger partial charge in [-0.3, -0.25) is 14.6 Å². The molecule has 1 fully saturated rings. The van der Waals surface area contributed by atoms with E-state index in [0.29, 0.717) is 17.3 Å². The molecule has 0 unspecified atom stereocenters. The molecule has 2 aromatic carbocycles. The van der Waals surface area contributed by atoms with Gasteiger partial charge in [-0.25, -0.2) is 4.90 Å². The van der Waals surface area contributed by atoms with Crippen molar-refractivity contribution in [3.63, 3.8) is 0 Å². The van der Waals surface area contributed by atoms with E-state index < -0.39 is 23.9 Å². The summed E-state index contributed by atoms with van der Waals surface area (Å²) in [5.41, 5.74) is 2.37. The number of benzene rings is 2. The molecule has 5 rings (SSSR count). The number of hydrogen-bond donors (Lipinski definition) is 0. The third kappa shape index (κ3) is 3.21. The molecule has 2 aliphatic heterocycles. The fourth-order valence-corrected chi connectivity index (χ4v) is 3.64. The summed E-state index contributed by atoms with van der Waals surface area (Å²) in [7, 11) is 1.52. The van der Waals surface area contributed by atoms with E-state index in [1.54, 1.807) is 24.3 Å². The van der Waals surface area contributed by atoms with Crippen molar-refractivity contribution in [1.82, 2.24) is 15.1 Å². The summed E-state index contributed by atoms with van der Waals surface area (Å²) in [5.74, 6) is 0.416. The van der Waals surface area contributed by atoms with Crippen LogP contribution in [-0.2, 0) is 16.1 Å². The van der Waals surface area contributed by atoms with Gasteiger partial charge in [-0.2, -0.15) is 10.1 Å². The van der Waals surface area contributed by atoms with Crippen molar-refractivity contribution in [2.75, 3.05) is 12.0 Å². The monoisotopic (exact) mass is 418 g/mol. The number of imide groups is 1. The average molecular weight is 418 g/mol. The predicted molar refractivity (Wildman–Crippen MR) is 108 cm³/mol. The van der Waals surface area contributed by atoms with Crippen LogP contribution >= 0.6 is 0 Å². The lowest BCUT2D eigenvalue weighted by Gasteiger charge is -2.19. The Bertz CT molecular complexity index is 1190. The molecule has 3 heterocycles. The summed E-state index contributed by atoms with van der Waals surface area (Å²) in [6, 6.07) is 12.7. The molecule has 10 heteroatoms. The van der Waals surface area contributed by atoms with Crippen LogP contribution in [0.5, 0.6) is 5.75 Å². The number of carbonyl (C=O) groups is 2. The fourth-order valence-electron chi connectivity index (χ4n) is 3.64. The third-order valence-corrected chi connectivity index (χ3v) is 5.24. The first-order valence-corrected chi connectivity index (χ1v) is 9.64. The van der Waals surface area contributed by atoms with Crippen molar-refractivity contribution >= 4 is 17.5 Å². The van der Waals surface area contributed by atoms with Crippen molar-refractivity contribution in [2.45, 2.75) is 25.6 Å². The first-order chi connectivity index (χ1) is 15.0. The highest BCUT2D eigenvalue weighted by molar-refractivity contribution is 6.25. The zero-order chi connectivity index (χ0) is 21.5. The number of rotatable bonds is 5. The van der Waals surface area contributed by atoms with Gasteiger partial charge in [-0.1, -0.05) is 46.3 Å². The molecule has 1 aromatic heterocycles. The Morgan fingerprint density at radius 1 is 1.10 bits per heavy atom. The smallest absolute Gasteiger partial charge is 0.263 e. The van der Waals surface area contributed by atoms with Gasteiger partial charge in [0.25, 0.3) is 11.8 Å². The number of anilines is 1. The van der Waals surface area contributed by atoms with Gasteiger partial charge in [0, 0.05) is 11.6 Å². The lowest BCUT2D eigenvalue weighted by molar-refractivity contribution is -0.123. The lowest BCUT2D eigenvalue weighted by atomic mass is 10.1. The summed E-state index contributed by atoms with van der Waals surface area (Å²) in [6.07, 6.45) is 0. The lowest BCUT2D eigenvalue weighted by Crippen LogP contribution is -2.39. The molecule has 0 spiro atoms. The number of nitrogens with zero attached hydrogens (tertiary/aromatic N) is 6. The Balaban J connectivity index is 1.36. The molecule has 0 saturated carbocycles. The third-order valence-electron chi connectivity index (χ3n) is 5.24. The number of aryl methyl sites for hydroxylation is 1. The number of hydrogen-bond acceptors (Lipinski definition) is 9. The van der Waals surface area contributed by atoms with Crippen molar-refractivity contribution in [2.24, 2.45) is 10.3 Å². The van der Waals surface area contributed by atoms with Crippen LogP contribution in [0.2, 0.25) is 0 Å². The molecule has 0 aliphatic carbocycles. The van der Waals surface area contributed by atoms with Crippen LogP contribution in [-0.4, -0.2) is 46.2 Å². The quantitative estimate of drug-likeness (QED) is 0.585. The molecule has 2 aliphatic rings. The maximum atomic E-state index is 13.1. The average Bonchev–Trinajstić information content (AvgIpc) is 3.47. The van der Waals surface area contributed by atoms with Crippen LogP contribution in [0.4, 0.5) is 5.69 Å². The second-order valence-electron chi connectivity index (χ2n) is 7.28. The number of amides is 2. The largest absolute Gasteiger partial charge is 0.497 e. The van der Waals surface area contributed by atoms with E-state index >= 15 is 0 Å². The van der Waals surface area contributed by atoms with E-state index in [9.17, 15) is 9.59 Å². The number of methoxy groups -OCH3 is 1. The van der Waals surface area contributed by atoms with Crippen LogP contribution in [0.1, 0.15) is 11.5 Å². The summed E-state index contributed by atoms with van der Waals surface area (Å²) in [5, 5.41) is 13.4. The van der Waals surface area contributed by atoms with Crippen LogP contribution in [0.3, 0.4) is 0 Å². The fraction of sp³-hybridized carbons (Fsp3) is 0.238. The van der Waals surface area contributed by atoms with Gasteiger partial charge in [-0.15, -0.1) is 0 Å². The molecule has 2 amide bonds. The molecular formula is C21H18N6O4. The molecular weight excluding hydrogens is 400 g/mol. The first kappa shape index (κ1) is 18.9. The van der Waals surface area contributed by atoms with Gasteiger partial charge in [0.1, 0.15) is 12.3 Å². The Morgan fingerprint density at radius 2 is 1.90 bits per heavy atom. The molecule has 2 atom stereocenters. The number of ether oxygens (including phenoxy) is 1. The standard InChI is InChI=1S/C21H18N6O4/c1-12-6-8-13(9-7-12)19-22-16(31-24-19)11-26-18-17(23-25-26)20(28)27(21(18)29)14-4-3-5-15(10-14)30-2/h3-10,17-18H,11H2,1-2H3/t17-,18+/m0/s1. The van der Waals surface area contributed by atoms with Crippen molar-refractivity contribution in [1.29, 1.82) is 0 Å². The minimum atomic E-state index is -0.904. The minimum Gasteiger partial charge on any atom is -0.497 e. The highest BCUT2D eigenvalue weighted by Crippen LogP contribution is 2.34. The first-order valence-electron chi connectivity index (χ1n) is 9.64. The maximum Gasteiger partial charge on any atom is 0.263 e. The van der Waals surface area contributed by atoms with Crippen molar-refractivity contribution < 1.29 is 18.8 Å². The molecule has 0 bridgehead atoms. The topological polar surface area (TPSA) is 113 Å². The highest BCUT2D eigenvalue weighted by atomic mass is 16.5. The molecule has 31 heavy (non-hydrogen) atoms. The van der Waals surface area contributed by atoms with E-state index in [1.807, 2.05) is 31.2 Å². The zero-order valence-corrected chi connectivity index (χ0v) is 16.8. The predicted octanol–water partition coefficient (Wildman–Crippen LogP) is 2.55. The van der Waals surface area contributed by atoms with Gasteiger partial charge in [0.2, 0.25) is 11.7 Å². The van der Waals surface area contributed by atoms with Gasteiger partial charge in [-0.05, 0) is 19.1 Å². The van der Waals surface area contributed by atoms with Crippen LogP contribution < -0.4 is 9.64 Å². The van der Waals surface area contributed by atoms with Crippen LogP contribution in [0, 0.1) is 6.92 Å². The molecule has 0 radical (unpaired) electrons. The second kappa shape index (κ2) is 7.31. The summed E-state index contributed by atoms with van der Waals surface area (Å²) in [6.45, 7) is 2.06. The molecule has 1 saturated heterocycles. The Hall–Kier alpha value is -4.08. The molecule has 3 aromatic rings. The summed E-state index contributed by atoms with van der Waals surface area (Å²) < 4.78 is 10.5. The van der Waals surface area contributed by atoms with Gasteiger partial charge < -0.3 is 9.26 Å². The summed E-state index contributed by atoms with van der Waals surface area (Å²) in [4.78, 5) is 31.4. The Kier molecular flexibility index (Phi) is 4.46. The van der Waals surface area contributed by atoms with E-state index in [4.69, 9.17) is 9.26 Å². The van der Waals surface area contributed by atoms with Crippen LogP contribution in [0.25, 0.3) is 11.4 Å². The van der Waals surface area contributed by atoms with Gasteiger partial charge in [0.05, 0.1) is 12.8 Å². The van der Waals surface area contributed by atoms with E-state index in [1.165, 1.54) is 12.1 Å². The Labute approximate surface area is 177 Å². The SMILES string of the molecule is COc1cccc(N2C(=O)[C@H]3N=NN(Cc4nc(-c5ccc(C)cc5)no4)[C@H]3C2=O)c1. The Morgan fingerprint density at radius 3 is 2.68 bits per heavy atom. The van der Waals surface area contributed by atoms with E-state index in [-0.39, 0.29) is 12.4 Å². The molecule has 156 valence electrons. The van der Waals surface area contributed by atoms with Crippen molar-refractivity contribution in [3.8, 4) is 17.1 Å². The van der Waals surface area contributed by atoms with E-state index in [2.05, 4.69) is 20.5 Å². The highest BCUT2D eigenvalue weighted by Gasteiger charge is 2.55. The zero-order valence-electron chi connectivity index (χ0n) is 16.8. The summed E-state index contributed by atoms with van der Waals surface area (Å²) >= 11 is 0. The normalized spacial score (nSPS) is 19.9. The van der Waals surface area contributed by atoms with E-state index in [0.717, 1.165) is 16.0 Å². The molecule has 10 nitrogen and oxygen atoms in total. The molecule has 0 N–H and O–H groups in total. The van der Waals surface area contributed by atoms with Gasteiger partial charge in [0.15, 0.2) is 12.1 Å². The number of aromatic nitrogens is 2. The van der Waals surface area contributed by atoms with Crippen LogP contribution in [0.15, 0.2) is 63.4 Å². The van der Waals surface area contributed by atoms with Gasteiger partial charge >= 0.3 is 0 Å². The second-order valence-corrected chi connectivity index (χ2v) is 7.28.